The van der Waals surface area contributed by atoms with Gasteiger partial charge in [-0.25, -0.2) is 4.98 Å². The van der Waals surface area contributed by atoms with Crippen LogP contribution in [-0.2, 0) is 5.54 Å². The highest BCUT2D eigenvalue weighted by Crippen LogP contribution is 2.41. The first-order chi connectivity index (χ1) is 13.9. The molecule has 1 amide bonds. The Bertz CT molecular complexity index is 858. The Labute approximate surface area is 173 Å². The number of amides is 1. The second-order valence-electron chi connectivity index (χ2n) is 9.43. The molecular formula is C23H32N4O2. The Morgan fingerprint density at radius 3 is 2.66 bits per heavy atom. The Kier molecular flexibility index (Phi) is 5.61. The average molecular weight is 397 g/mol. The number of nitrogens with one attached hydrogen (secondary N) is 1. The van der Waals surface area contributed by atoms with E-state index >= 15 is 0 Å². The highest BCUT2D eigenvalue weighted by atomic mass is 16.5. The minimum absolute atomic E-state index is 0.157. The van der Waals surface area contributed by atoms with Crippen LogP contribution in [0.25, 0.3) is 0 Å². The quantitative estimate of drug-likeness (QED) is 0.735. The first kappa shape index (κ1) is 19.9. The van der Waals surface area contributed by atoms with Crippen LogP contribution in [0.15, 0.2) is 24.4 Å². The number of nitrogens with zero attached hydrogens (tertiary/aromatic N) is 3. The maximum absolute atomic E-state index is 12.9. The fourth-order valence-corrected chi connectivity index (χ4v) is 4.05. The zero-order chi connectivity index (χ0) is 20.4. The lowest BCUT2D eigenvalue weighted by Gasteiger charge is -2.22. The van der Waals surface area contributed by atoms with Crippen LogP contribution in [0.4, 0.5) is 5.82 Å². The summed E-state index contributed by atoms with van der Waals surface area (Å²) in [5, 5.41) is 7.54. The summed E-state index contributed by atoms with van der Waals surface area (Å²) in [4.78, 5) is 17.3. The third-order valence-electron chi connectivity index (χ3n) is 5.80. The van der Waals surface area contributed by atoms with E-state index in [1.807, 2.05) is 22.9 Å². The zero-order valence-electron chi connectivity index (χ0n) is 17.8. The number of anilines is 1. The summed E-state index contributed by atoms with van der Waals surface area (Å²) in [6.07, 6.45) is 10.3. The molecular weight excluding hydrogens is 364 g/mol. The van der Waals surface area contributed by atoms with Gasteiger partial charge >= 0.3 is 0 Å². The maximum Gasteiger partial charge on any atom is 0.277 e. The molecule has 0 unspecified atom stereocenters. The molecule has 2 aromatic rings. The topological polar surface area (TPSA) is 69.0 Å². The summed E-state index contributed by atoms with van der Waals surface area (Å²) >= 11 is 0. The molecule has 0 atom stereocenters. The lowest BCUT2D eigenvalue weighted by atomic mass is 9.90. The number of carbonyl (C=O) groups is 1. The van der Waals surface area contributed by atoms with Crippen LogP contribution in [0.2, 0.25) is 0 Å². The predicted molar refractivity (Wildman–Crippen MR) is 113 cm³/mol. The Hall–Kier alpha value is -2.37. The van der Waals surface area contributed by atoms with Crippen molar-refractivity contribution in [2.45, 2.75) is 77.2 Å². The van der Waals surface area contributed by atoms with Gasteiger partial charge in [-0.3, -0.25) is 9.48 Å². The van der Waals surface area contributed by atoms with E-state index in [1.165, 1.54) is 44.9 Å². The van der Waals surface area contributed by atoms with Crippen molar-refractivity contribution in [2.24, 2.45) is 5.92 Å². The van der Waals surface area contributed by atoms with Crippen LogP contribution in [0, 0.1) is 5.92 Å². The molecule has 2 fully saturated rings. The second-order valence-corrected chi connectivity index (χ2v) is 9.43. The second kappa shape index (κ2) is 8.17. The van der Waals surface area contributed by atoms with Crippen LogP contribution in [0.1, 0.15) is 87.8 Å². The largest absolute Gasteiger partial charge is 0.489 e. The summed E-state index contributed by atoms with van der Waals surface area (Å²) in [5.74, 6) is 1.97. The smallest absolute Gasteiger partial charge is 0.277 e. The van der Waals surface area contributed by atoms with E-state index < -0.39 is 0 Å². The van der Waals surface area contributed by atoms with Crippen molar-refractivity contribution in [3.63, 3.8) is 0 Å². The molecule has 0 saturated heterocycles. The summed E-state index contributed by atoms with van der Waals surface area (Å²) in [5.41, 5.74) is 1.43. The van der Waals surface area contributed by atoms with Gasteiger partial charge in [-0.2, -0.15) is 5.10 Å². The molecule has 0 bridgehead atoms. The first-order valence-corrected chi connectivity index (χ1v) is 10.9. The predicted octanol–water partition coefficient (Wildman–Crippen LogP) is 5.12. The van der Waals surface area contributed by atoms with Gasteiger partial charge in [0.15, 0.2) is 17.3 Å². The molecule has 2 aromatic heterocycles. The fourth-order valence-electron chi connectivity index (χ4n) is 4.05. The molecule has 0 aromatic carbocycles. The van der Waals surface area contributed by atoms with Gasteiger partial charge in [-0.1, -0.05) is 19.3 Å². The van der Waals surface area contributed by atoms with Gasteiger partial charge in [0.05, 0.1) is 12.1 Å². The van der Waals surface area contributed by atoms with Crippen LogP contribution >= 0.6 is 0 Å². The van der Waals surface area contributed by atoms with E-state index in [-0.39, 0.29) is 11.4 Å². The van der Waals surface area contributed by atoms with Gasteiger partial charge in [-0.05, 0) is 70.6 Å². The Morgan fingerprint density at radius 1 is 1.21 bits per heavy atom. The SMILES string of the molecule is CC(C)(C)n1nc(C(=O)Nc2ncccc2OCC2CCCCC2)cc1C1CC1. The van der Waals surface area contributed by atoms with E-state index in [9.17, 15) is 4.79 Å². The van der Waals surface area contributed by atoms with Gasteiger partial charge < -0.3 is 10.1 Å². The van der Waals surface area contributed by atoms with Crippen LogP contribution in [-0.4, -0.2) is 27.3 Å². The van der Waals surface area contributed by atoms with E-state index in [2.05, 4.69) is 36.2 Å². The molecule has 0 aliphatic heterocycles. The van der Waals surface area contributed by atoms with Crippen molar-refractivity contribution < 1.29 is 9.53 Å². The molecule has 0 spiro atoms. The number of carbonyl (C=O) groups excluding carboxylic acids is 1. The van der Waals surface area contributed by atoms with Gasteiger partial charge in [-0.15, -0.1) is 0 Å². The molecule has 0 radical (unpaired) electrons. The highest BCUT2D eigenvalue weighted by Gasteiger charge is 2.32. The summed E-state index contributed by atoms with van der Waals surface area (Å²) in [7, 11) is 0. The third kappa shape index (κ3) is 4.80. The number of aromatic nitrogens is 3. The monoisotopic (exact) mass is 396 g/mol. The minimum atomic E-state index is -0.240. The summed E-state index contributed by atoms with van der Waals surface area (Å²) in [6, 6.07) is 5.64. The average Bonchev–Trinajstić information content (AvgIpc) is 3.44. The third-order valence-corrected chi connectivity index (χ3v) is 5.80. The van der Waals surface area contributed by atoms with Crippen molar-refractivity contribution >= 4 is 11.7 Å². The van der Waals surface area contributed by atoms with Crippen molar-refractivity contribution in [1.29, 1.82) is 0 Å². The number of pyridine rings is 1. The van der Waals surface area contributed by atoms with E-state index in [0.717, 1.165) is 5.69 Å². The summed E-state index contributed by atoms with van der Waals surface area (Å²) < 4.78 is 8.04. The Balaban J connectivity index is 1.47. The number of rotatable bonds is 6. The molecule has 29 heavy (non-hydrogen) atoms. The lowest BCUT2D eigenvalue weighted by molar-refractivity contribution is 0.101. The maximum atomic E-state index is 12.9. The molecule has 2 heterocycles. The number of hydrogen-bond acceptors (Lipinski definition) is 4. The van der Waals surface area contributed by atoms with E-state index in [4.69, 9.17) is 4.74 Å². The molecule has 6 nitrogen and oxygen atoms in total. The van der Waals surface area contributed by atoms with Gasteiger partial charge in [0.2, 0.25) is 0 Å². The summed E-state index contributed by atoms with van der Waals surface area (Å²) in [6.45, 7) is 7.02. The molecule has 2 aliphatic rings. The van der Waals surface area contributed by atoms with Crippen molar-refractivity contribution in [2.75, 3.05) is 11.9 Å². The first-order valence-electron chi connectivity index (χ1n) is 10.9. The van der Waals surface area contributed by atoms with Crippen molar-refractivity contribution in [3.05, 3.63) is 35.8 Å². The van der Waals surface area contributed by atoms with Crippen molar-refractivity contribution in [1.82, 2.24) is 14.8 Å². The van der Waals surface area contributed by atoms with Crippen molar-refractivity contribution in [3.8, 4) is 5.75 Å². The fraction of sp³-hybridized carbons (Fsp3) is 0.609. The molecule has 156 valence electrons. The van der Waals surface area contributed by atoms with Crippen LogP contribution < -0.4 is 10.1 Å². The van der Waals surface area contributed by atoms with Crippen LogP contribution in [0.5, 0.6) is 5.75 Å². The zero-order valence-corrected chi connectivity index (χ0v) is 17.8. The molecule has 2 saturated carbocycles. The Morgan fingerprint density at radius 2 is 1.97 bits per heavy atom. The molecule has 4 rings (SSSR count). The number of hydrogen-bond donors (Lipinski definition) is 1. The van der Waals surface area contributed by atoms with Gasteiger partial charge in [0.25, 0.3) is 5.91 Å². The van der Waals surface area contributed by atoms with Gasteiger partial charge in [0.1, 0.15) is 0 Å². The lowest BCUT2D eigenvalue weighted by Crippen LogP contribution is -2.26. The normalized spacial score (nSPS) is 17.9. The van der Waals surface area contributed by atoms with Gasteiger partial charge in [0, 0.05) is 17.8 Å². The minimum Gasteiger partial charge on any atom is -0.489 e. The van der Waals surface area contributed by atoms with E-state index in [0.29, 0.717) is 35.7 Å². The standard InChI is InChI=1S/C23H32N4O2/c1-23(2,3)27-19(17-11-12-17)14-18(26-27)22(28)25-21-20(10-7-13-24-21)29-15-16-8-5-4-6-9-16/h7,10,13-14,16-17H,4-6,8-9,11-12,15H2,1-3H3,(H,24,25,28). The van der Waals surface area contributed by atoms with Crippen LogP contribution in [0.3, 0.4) is 0 Å². The molecule has 2 aliphatic carbocycles. The molecule has 1 N–H and O–H groups in total. The highest BCUT2D eigenvalue weighted by molar-refractivity contribution is 6.03. The van der Waals surface area contributed by atoms with E-state index in [1.54, 1.807) is 6.20 Å². The number of ether oxygens (including phenoxy) is 1. The molecule has 6 heteroatoms.